The smallest absolute Gasteiger partial charge is 0.319 e. The Kier molecular flexibility index (Phi) is 6.47. The van der Waals surface area contributed by atoms with Gasteiger partial charge >= 0.3 is 6.03 Å². The highest BCUT2D eigenvalue weighted by Gasteiger charge is 2.09. The summed E-state index contributed by atoms with van der Waals surface area (Å²) in [6, 6.07) is 21.6. The number of urea groups is 1. The third-order valence-corrected chi connectivity index (χ3v) is 4.27. The zero-order chi connectivity index (χ0) is 20.6. The number of anilines is 1. The van der Waals surface area contributed by atoms with Crippen LogP contribution in [0.2, 0.25) is 0 Å². The van der Waals surface area contributed by atoms with Crippen LogP contribution < -0.4 is 21.1 Å². The summed E-state index contributed by atoms with van der Waals surface area (Å²) in [7, 11) is 0. The van der Waals surface area contributed by atoms with Gasteiger partial charge in [0, 0.05) is 12.2 Å². The Hall–Kier alpha value is -3.80. The van der Waals surface area contributed by atoms with Crippen LogP contribution in [0.25, 0.3) is 0 Å². The monoisotopic (exact) mass is 389 g/mol. The minimum absolute atomic E-state index is 0.273. The van der Waals surface area contributed by atoms with Crippen molar-refractivity contribution in [1.29, 1.82) is 0 Å². The third-order valence-electron chi connectivity index (χ3n) is 4.27. The lowest BCUT2D eigenvalue weighted by atomic mass is 10.1. The Morgan fingerprint density at radius 3 is 2.45 bits per heavy atom. The summed E-state index contributed by atoms with van der Waals surface area (Å²) < 4.78 is 5.73. The van der Waals surface area contributed by atoms with Crippen molar-refractivity contribution >= 4 is 17.6 Å². The summed E-state index contributed by atoms with van der Waals surface area (Å²) in [6.45, 7) is 2.59. The Morgan fingerprint density at radius 1 is 0.966 bits per heavy atom. The van der Waals surface area contributed by atoms with Crippen LogP contribution in [0.4, 0.5) is 10.5 Å². The molecule has 0 aromatic heterocycles. The predicted molar refractivity (Wildman–Crippen MR) is 113 cm³/mol. The first-order valence-electron chi connectivity index (χ1n) is 9.28. The van der Waals surface area contributed by atoms with E-state index in [0.717, 1.165) is 6.42 Å². The number of hydrogen-bond donors (Lipinski definition) is 3. The number of carbonyl (C=O) groups excluding carboxylic acids is 2. The first-order valence-corrected chi connectivity index (χ1v) is 9.28. The average molecular weight is 389 g/mol. The van der Waals surface area contributed by atoms with E-state index in [2.05, 4.69) is 16.7 Å². The van der Waals surface area contributed by atoms with Crippen molar-refractivity contribution in [1.82, 2.24) is 5.32 Å². The van der Waals surface area contributed by atoms with Crippen molar-refractivity contribution in [2.45, 2.75) is 13.3 Å². The maximum atomic E-state index is 12.1. The van der Waals surface area contributed by atoms with E-state index in [1.165, 1.54) is 11.1 Å². The molecule has 148 valence electrons. The maximum absolute atomic E-state index is 12.1. The Bertz CT molecular complexity index is 1000. The number of benzene rings is 3. The molecule has 0 bridgehead atoms. The van der Waals surface area contributed by atoms with Crippen molar-refractivity contribution in [2.75, 3.05) is 11.9 Å². The van der Waals surface area contributed by atoms with Crippen LogP contribution >= 0.6 is 0 Å². The zero-order valence-corrected chi connectivity index (χ0v) is 16.1. The van der Waals surface area contributed by atoms with Gasteiger partial charge in [-0.1, -0.05) is 42.0 Å². The molecule has 3 amide bonds. The molecule has 4 N–H and O–H groups in total. The van der Waals surface area contributed by atoms with Crippen molar-refractivity contribution in [3.63, 3.8) is 0 Å². The number of amides is 3. The molecule has 0 spiro atoms. The van der Waals surface area contributed by atoms with Crippen LogP contribution in [-0.4, -0.2) is 18.5 Å². The lowest BCUT2D eigenvalue weighted by Crippen LogP contribution is -2.30. The van der Waals surface area contributed by atoms with Gasteiger partial charge in [0.1, 0.15) is 11.5 Å². The summed E-state index contributed by atoms with van der Waals surface area (Å²) >= 11 is 0. The summed E-state index contributed by atoms with van der Waals surface area (Å²) in [6.07, 6.45) is 0.765. The highest BCUT2D eigenvalue weighted by molar-refractivity contribution is 5.95. The lowest BCUT2D eigenvalue weighted by Gasteiger charge is -2.11. The fraction of sp³-hybridized carbons (Fsp3) is 0.130. The van der Waals surface area contributed by atoms with Gasteiger partial charge in [-0.2, -0.15) is 0 Å². The number of rotatable bonds is 7. The van der Waals surface area contributed by atoms with Gasteiger partial charge in [-0.15, -0.1) is 0 Å². The number of nitrogens with two attached hydrogens (primary N) is 1. The fourth-order valence-electron chi connectivity index (χ4n) is 2.86. The first-order chi connectivity index (χ1) is 14.0. The van der Waals surface area contributed by atoms with Crippen LogP contribution in [0.15, 0.2) is 72.8 Å². The molecular weight excluding hydrogens is 366 g/mol. The molecule has 0 atom stereocenters. The standard InChI is InChI=1S/C23H23N3O3/c1-16-5-4-6-17(15-16)13-14-25-23(28)26-18-9-11-19(12-10-18)29-21-8-3-2-7-20(21)22(24)27/h2-12,15H,13-14H2,1H3,(H2,24,27)(H2,25,26,28). The van der Waals surface area contributed by atoms with Crippen LogP contribution in [-0.2, 0) is 6.42 Å². The Morgan fingerprint density at radius 2 is 1.72 bits per heavy atom. The van der Waals surface area contributed by atoms with Gasteiger partial charge in [-0.05, 0) is 55.3 Å². The normalized spacial score (nSPS) is 10.2. The number of nitrogens with one attached hydrogen (secondary N) is 2. The molecule has 0 radical (unpaired) electrons. The molecule has 3 aromatic rings. The minimum atomic E-state index is -0.554. The van der Waals surface area contributed by atoms with Gasteiger partial charge in [0.05, 0.1) is 5.56 Å². The van der Waals surface area contributed by atoms with Gasteiger partial charge in [-0.3, -0.25) is 4.79 Å². The number of aryl methyl sites for hydroxylation is 1. The molecule has 0 aliphatic carbocycles. The number of para-hydroxylation sites is 1. The molecule has 0 fully saturated rings. The predicted octanol–water partition coefficient (Wildman–Crippen LogP) is 4.25. The topological polar surface area (TPSA) is 93.4 Å². The van der Waals surface area contributed by atoms with E-state index in [0.29, 0.717) is 29.3 Å². The molecular formula is C23H23N3O3. The van der Waals surface area contributed by atoms with Gasteiger partial charge in [0.2, 0.25) is 0 Å². The number of primary amides is 1. The quantitative estimate of drug-likeness (QED) is 0.564. The van der Waals surface area contributed by atoms with E-state index in [1.54, 1.807) is 48.5 Å². The molecule has 0 aliphatic heterocycles. The van der Waals surface area contributed by atoms with Gasteiger partial charge in [0.15, 0.2) is 0 Å². The van der Waals surface area contributed by atoms with Gasteiger partial charge < -0.3 is 21.1 Å². The summed E-state index contributed by atoms with van der Waals surface area (Å²) in [4.78, 5) is 23.5. The molecule has 29 heavy (non-hydrogen) atoms. The van der Waals surface area contributed by atoms with E-state index in [4.69, 9.17) is 10.5 Å². The molecule has 6 heteroatoms. The molecule has 3 aromatic carbocycles. The Balaban J connectivity index is 1.51. The molecule has 0 unspecified atom stereocenters. The van der Waals surface area contributed by atoms with Crippen molar-refractivity contribution in [3.8, 4) is 11.5 Å². The van der Waals surface area contributed by atoms with E-state index < -0.39 is 5.91 Å². The molecule has 0 heterocycles. The van der Waals surface area contributed by atoms with Crippen molar-refractivity contribution in [2.24, 2.45) is 5.73 Å². The maximum Gasteiger partial charge on any atom is 0.319 e. The number of carbonyl (C=O) groups is 2. The molecule has 0 saturated heterocycles. The van der Waals surface area contributed by atoms with Gasteiger partial charge in [-0.25, -0.2) is 4.79 Å². The third kappa shape index (κ3) is 5.84. The van der Waals surface area contributed by atoms with Crippen LogP contribution in [0.1, 0.15) is 21.5 Å². The van der Waals surface area contributed by atoms with Crippen molar-refractivity contribution in [3.05, 3.63) is 89.5 Å². The minimum Gasteiger partial charge on any atom is -0.457 e. The zero-order valence-electron chi connectivity index (χ0n) is 16.1. The molecule has 6 nitrogen and oxygen atoms in total. The largest absolute Gasteiger partial charge is 0.457 e. The van der Waals surface area contributed by atoms with Gasteiger partial charge in [0.25, 0.3) is 5.91 Å². The average Bonchev–Trinajstić information content (AvgIpc) is 2.70. The van der Waals surface area contributed by atoms with E-state index in [-0.39, 0.29) is 6.03 Å². The molecule has 0 saturated carbocycles. The van der Waals surface area contributed by atoms with Crippen LogP contribution in [0.5, 0.6) is 11.5 Å². The van der Waals surface area contributed by atoms with Crippen LogP contribution in [0, 0.1) is 6.92 Å². The molecule has 0 aliphatic rings. The summed E-state index contributed by atoms with van der Waals surface area (Å²) in [5.41, 5.74) is 8.68. The molecule has 3 rings (SSSR count). The van der Waals surface area contributed by atoms with E-state index >= 15 is 0 Å². The number of ether oxygens (including phenoxy) is 1. The lowest BCUT2D eigenvalue weighted by molar-refractivity contribution is 0.0998. The SMILES string of the molecule is Cc1cccc(CCNC(=O)Nc2ccc(Oc3ccccc3C(N)=O)cc2)c1. The van der Waals surface area contributed by atoms with E-state index in [1.807, 2.05) is 25.1 Å². The van der Waals surface area contributed by atoms with Crippen LogP contribution in [0.3, 0.4) is 0 Å². The highest BCUT2D eigenvalue weighted by atomic mass is 16.5. The van der Waals surface area contributed by atoms with Crippen molar-refractivity contribution < 1.29 is 14.3 Å². The second kappa shape index (κ2) is 9.41. The second-order valence-electron chi connectivity index (χ2n) is 6.61. The summed E-state index contributed by atoms with van der Waals surface area (Å²) in [5, 5.41) is 5.62. The Labute approximate surface area is 169 Å². The fourth-order valence-corrected chi connectivity index (χ4v) is 2.86. The van der Waals surface area contributed by atoms with E-state index in [9.17, 15) is 9.59 Å². The second-order valence-corrected chi connectivity index (χ2v) is 6.61. The summed E-state index contributed by atoms with van der Waals surface area (Å²) in [5.74, 6) is 0.361. The highest BCUT2D eigenvalue weighted by Crippen LogP contribution is 2.26. The number of hydrogen-bond acceptors (Lipinski definition) is 3. The first kappa shape index (κ1) is 19.9.